The first-order chi connectivity index (χ1) is 9.73. The van der Waals surface area contributed by atoms with Crippen molar-refractivity contribution in [1.82, 2.24) is 4.90 Å². The van der Waals surface area contributed by atoms with E-state index in [1.165, 1.54) is 23.9 Å². The molecule has 0 aliphatic carbocycles. The Bertz CT molecular complexity index is 576. The van der Waals surface area contributed by atoms with Crippen LogP contribution in [0, 0.1) is 0 Å². The van der Waals surface area contributed by atoms with Crippen molar-refractivity contribution in [3.8, 4) is 0 Å². The van der Waals surface area contributed by atoms with Gasteiger partial charge in [0.15, 0.2) is 0 Å². The minimum absolute atomic E-state index is 0.163. The lowest BCUT2D eigenvalue weighted by molar-refractivity contribution is -0.141. The maximum absolute atomic E-state index is 13.0. The zero-order valence-electron chi connectivity index (χ0n) is 10.9. The molecule has 0 aromatic heterocycles. The van der Waals surface area contributed by atoms with E-state index in [1.54, 1.807) is 6.92 Å². The number of thioether (sulfide) groups is 1. The first-order valence-electron chi connectivity index (χ1n) is 6.06. The van der Waals surface area contributed by atoms with Gasteiger partial charge in [0.1, 0.15) is 6.04 Å². The van der Waals surface area contributed by atoms with Crippen LogP contribution in [0.5, 0.6) is 0 Å². The molecule has 0 bridgehead atoms. The number of nitrogens with zero attached hydrogens (tertiary/aromatic N) is 1. The Hall–Kier alpha value is -1.70. The Labute approximate surface area is 122 Å². The van der Waals surface area contributed by atoms with Gasteiger partial charge in [-0.15, -0.1) is 11.8 Å². The third kappa shape index (κ3) is 2.99. The van der Waals surface area contributed by atoms with Crippen molar-refractivity contribution in [1.29, 1.82) is 0 Å². The van der Waals surface area contributed by atoms with Gasteiger partial charge in [0.2, 0.25) is 0 Å². The van der Waals surface area contributed by atoms with Crippen LogP contribution in [-0.2, 0) is 11.0 Å². The van der Waals surface area contributed by atoms with Crippen LogP contribution in [0.15, 0.2) is 24.3 Å². The largest absolute Gasteiger partial charge is 0.480 e. The van der Waals surface area contributed by atoms with Gasteiger partial charge in [0, 0.05) is 5.75 Å². The van der Waals surface area contributed by atoms with Crippen LogP contribution in [0.2, 0.25) is 0 Å². The molecule has 1 aliphatic rings. The molecule has 1 heterocycles. The number of halogens is 3. The summed E-state index contributed by atoms with van der Waals surface area (Å²) in [6, 6.07) is 3.29. The summed E-state index contributed by atoms with van der Waals surface area (Å²) in [5.41, 5.74) is -1.58. The standard InChI is InChI=1S/C13H12F3NO3S/c1-7-17(10(6-21-7)12(19)20)11(18)8-4-2-3-5-9(8)13(14,15)16/h2-5,7,10H,6H2,1H3,(H,19,20). The minimum Gasteiger partial charge on any atom is -0.480 e. The second kappa shape index (κ2) is 5.59. The number of benzene rings is 1. The number of rotatable bonds is 2. The predicted octanol–water partition coefficient (Wildman–Crippen LogP) is 2.69. The molecule has 4 nitrogen and oxygen atoms in total. The highest BCUT2D eigenvalue weighted by Gasteiger charge is 2.42. The molecule has 1 N–H and O–H groups in total. The molecule has 1 aromatic rings. The molecule has 8 heteroatoms. The van der Waals surface area contributed by atoms with Crippen LogP contribution < -0.4 is 0 Å². The smallest absolute Gasteiger partial charge is 0.417 e. The summed E-state index contributed by atoms with van der Waals surface area (Å²) in [7, 11) is 0. The second-order valence-corrected chi connectivity index (χ2v) is 5.89. The van der Waals surface area contributed by atoms with Crippen LogP contribution in [0.1, 0.15) is 22.8 Å². The number of carboxylic acid groups (broad SMARTS) is 1. The number of amides is 1. The molecule has 1 amide bonds. The van der Waals surface area contributed by atoms with E-state index in [9.17, 15) is 22.8 Å². The fourth-order valence-electron chi connectivity index (χ4n) is 2.20. The maximum Gasteiger partial charge on any atom is 0.417 e. The van der Waals surface area contributed by atoms with Gasteiger partial charge in [-0.3, -0.25) is 4.79 Å². The zero-order chi connectivity index (χ0) is 15.8. The Balaban J connectivity index is 2.43. The van der Waals surface area contributed by atoms with Crippen LogP contribution in [0.4, 0.5) is 13.2 Å². The van der Waals surface area contributed by atoms with Gasteiger partial charge in [-0.1, -0.05) is 12.1 Å². The molecule has 21 heavy (non-hydrogen) atoms. The Morgan fingerprint density at radius 2 is 1.95 bits per heavy atom. The highest BCUT2D eigenvalue weighted by Crippen LogP contribution is 2.35. The lowest BCUT2D eigenvalue weighted by Crippen LogP contribution is -2.45. The van der Waals surface area contributed by atoms with E-state index in [0.29, 0.717) is 0 Å². The average molecular weight is 319 g/mol. The summed E-state index contributed by atoms with van der Waals surface area (Å²) in [6.07, 6.45) is -4.67. The molecule has 2 unspecified atom stereocenters. The van der Waals surface area contributed by atoms with Crippen LogP contribution in [0.3, 0.4) is 0 Å². The van der Waals surface area contributed by atoms with Crippen molar-refractivity contribution in [3.63, 3.8) is 0 Å². The number of aliphatic carboxylic acids is 1. The van der Waals surface area contributed by atoms with E-state index >= 15 is 0 Å². The van der Waals surface area contributed by atoms with Crippen molar-refractivity contribution >= 4 is 23.6 Å². The van der Waals surface area contributed by atoms with E-state index < -0.39 is 40.6 Å². The van der Waals surface area contributed by atoms with E-state index in [4.69, 9.17) is 5.11 Å². The number of alkyl halides is 3. The third-order valence-electron chi connectivity index (χ3n) is 3.21. The topological polar surface area (TPSA) is 57.6 Å². The van der Waals surface area contributed by atoms with Gasteiger partial charge in [-0.2, -0.15) is 13.2 Å². The summed E-state index contributed by atoms with van der Waals surface area (Å²) < 4.78 is 38.9. The van der Waals surface area contributed by atoms with Crippen molar-refractivity contribution in [2.75, 3.05) is 5.75 Å². The fourth-order valence-corrected chi connectivity index (χ4v) is 3.36. The summed E-state index contributed by atoms with van der Waals surface area (Å²) in [5.74, 6) is -1.96. The van der Waals surface area contributed by atoms with Gasteiger partial charge < -0.3 is 10.0 Å². The molecule has 1 fully saturated rings. The van der Waals surface area contributed by atoms with Crippen LogP contribution >= 0.6 is 11.8 Å². The Kier molecular flexibility index (Phi) is 4.18. The molecule has 2 rings (SSSR count). The maximum atomic E-state index is 13.0. The number of carboxylic acids is 1. The number of hydrogen-bond acceptors (Lipinski definition) is 3. The van der Waals surface area contributed by atoms with Crippen molar-refractivity contribution in [3.05, 3.63) is 35.4 Å². The molecule has 1 aliphatic heterocycles. The van der Waals surface area contributed by atoms with Crippen molar-refractivity contribution < 1.29 is 27.9 Å². The van der Waals surface area contributed by atoms with E-state index in [2.05, 4.69) is 0 Å². The molecule has 0 saturated carbocycles. The van der Waals surface area contributed by atoms with Crippen LogP contribution in [-0.4, -0.2) is 39.1 Å². The minimum atomic E-state index is -4.67. The highest BCUT2D eigenvalue weighted by molar-refractivity contribution is 8.00. The van der Waals surface area contributed by atoms with Gasteiger partial charge in [0.25, 0.3) is 5.91 Å². The van der Waals surface area contributed by atoms with Gasteiger partial charge >= 0.3 is 12.1 Å². The Morgan fingerprint density at radius 1 is 1.33 bits per heavy atom. The average Bonchev–Trinajstić information content (AvgIpc) is 2.79. The molecular formula is C13H12F3NO3S. The van der Waals surface area contributed by atoms with Gasteiger partial charge in [-0.05, 0) is 19.1 Å². The van der Waals surface area contributed by atoms with Gasteiger partial charge in [0.05, 0.1) is 16.5 Å². The normalized spacial score (nSPS) is 22.4. The molecular weight excluding hydrogens is 307 g/mol. The SMILES string of the molecule is CC1SCC(C(=O)O)N1C(=O)c1ccccc1C(F)(F)F. The summed E-state index contributed by atoms with van der Waals surface area (Å²) in [6.45, 7) is 1.60. The quantitative estimate of drug-likeness (QED) is 0.910. The number of carbonyl (C=O) groups is 2. The first-order valence-corrected chi connectivity index (χ1v) is 7.11. The van der Waals surface area contributed by atoms with Crippen LogP contribution in [0.25, 0.3) is 0 Å². The summed E-state index contributed by atoms with van der Waals surface area (Å²) in [4.78, 5) is 24.5. The van der Waals surface area contributed by atoms with Crippen molar-refractivity contribution in [2.24, 2.45) is 0 Å². The predicted molar refractivity (Wildman–Crippen MR) is 71.0 cm³/mol. The van der Waals surface area contributed by atoms with E-state index in [-0.39, 0.29) is 5.75 Å². The second-order valence-electron chi connectivity index (χ2n) is 4.54. The fraction of sp³-hybridized carbons (Fsp3) is 0.385. The zero-order valence-corrected chi connectivity index (χ0v) is 11.7. The Morgan fingerprint density at radius 3 is 2.52 bits per heavy atom. The van der Waals surface area contributed by atoms with Gasteiger partial charge in [-0.25, -0.2) is 4.79 Å². The van der Waals surface area contributed by atoms with Crippen molar-refractivity contribution in [2.45, 2.75) is 24.5 Å². The molecule has 114 valence electrons. The summed E-state index contributed by atoms with van der Waals surface area (Å²) in [5, 5.41) is 8.61. The summed E-state index contributed by atoms with van der Waals surface area (Å²) >= 11 is 1.22. The monoisotopic (exact) mass is 319 g/mol. The lowest BCUT2D eigenvalue weighted by atomic mass is 10.0. The number of hydrogen-bond donors (Lipinski definition) is 1. The third-order valence-corrected chi connectivity index (χ3v) is 4.42. The first kappa shape index (κ1) is 15.7. The lowest BCUT2D eigenvalue weighted by Gasteiger charge is -2.26. The molecule has 1 aromatic carbocycles. The number of carbonyl (C=O) groups excluding carboxylic acids is 1. The molecule has 0 radical (unpaired) electrons. The molecule has 1 saturated heterocycles. The van der Waals surface area contributed by atoms with E-state index in [0.717, 1.165) is 17.0 Å². The molecule has 0 spiro atoms. The molecule has 2 atom stereocenters. The van der Waals surface area contributed by atoms with E-state index in [1.807, 2.05) is 0 Å². The highest BCUT2D eigenvalue weighted by atomic mass is 32.2.